The largest absolute Gasteiger partial charge is 0.481 e. The molecule has 0 saturated heterocycles. The fourth-order valence-corrected chi connectivity index (χ4v) is 3.16. The lowest BCUT2D eigenvalue weighted by Crippen LogP contribution is -2.40. The Bertz CT molecular complexity index is 331. The number of hydrogen-bond acceptors (Lipinski definition) is 3. The predicted octanol–water partition coefficient (Wildman–Crippen LogP) is 1.17. The van der Waals surface area contributed by atoms with E-state index >= 15 is 0 Å². The molecule has 5 nitrogen and oxygen atoms in total. The van der Waals surface area contributed by atoms with Crippen molar-refractivity contribution in [3.63, 3.8) is 0 Å². The molecule has 2 aliphatic carbocycles. The molecule has 102 valence electrons. The first-order valence-corrected chi connectivity index (χ1v) is 6.67. The quantitative estimate of drug-likeness (QED) is 0.790. The summed E-state index contributed by atoms with van der Waals surface area (Å²) < 4.78 is 5.26. The molecule has 18 heavy (non-hydrogen) atoms. The predicted molar refractivity (Wildman–Crippen MR) is 65.0 cm³/mol. The van der Waals surface area contributed by atoms with E-state index < -0.39 is 11.9 Å². The number of carbonyl (C=O) groups is 2. The van der Waals surface area contributed by atoms with Crippen LogP contribution in [0.5, 0.6) is 0 Å². The van der Waals surface area contributed by atoms with Crippen LogP contribution in [0.1, 0.15) is 38.5 Å². The Labute approximate surface area is 107 Å². The maximum atomic E-state index is 12.1. The van der Waals surface area contributed by atoms with Crippen LogP contribution < -0.4 is 5.32 Å². The standard InChI is InChI=1S/C13H21NO4/c1-18-9-6-5-8(7-9)14-12(15)10-3-2-4-11(10)13(16)17/h8-11H,2-7H2,1H3,(H,14,15)(H,16,17). The molecule has 0 radical (unpaired) electrons. The van der Waals surface area contributed by atoms with Crippen LogP contribution in [-0.4, -0.2) is 36.2 Å². The van der Waals surface area contributed by atoms with Crippen molar-refractivity contribution in [3.05, 3.63) is 0 Å². The van der Waals surface area contributed by atoms with Gasteiger partial charge in [-0.15, -0.1) is 0 Å². The molecule has 2 saturated carbocycles. The number of carboxylic acid groups (broad SMARTS) is 1. The van der Waals surface area contributed by atoms with E-state index in [4.69, 9.17) is 9.84 Å². The van der Waals surface area contributed by atoms with E-state index in [1.807, 2.05) is 0 Å². The highest BCUT2D eigenvalue weighted by atomic mass is 16.5. The summed E-state index contributed by atoms with van der Waals surface area (Å²) in [5.74, 6) is -1.76. The molecule has 4 unspecified atom stereocenters. The van der Waals surface area contributed by atoms with Crippen molar-refractivity contribution in [3.8, 4) is 0 Å². The van der Waals surface area contributed by atoms with E-state index in [-0.39, 0.29) is 24.0 Å². The Balaban J connectivity index is 1.86. The maximum absolute atomic E-state index is 12.1. The van der Waals surface area contributed by atoms with E-state index in [1.54, 1.807) is 7.11 Å². The highest BCUT2D eigenvalue weighted by molar-refractivity contribution is 5.85. The molecule has 0 bridgehead atoms. The molecule has 2 rings (SSSR count). The number of rotatable bonds is 4. The van der Waals surface area contributed by atoms with E-state index in [0.717, 1.165) is 25.7 Å². The van der Waals surface area contributed by atoms with Crippen LogP contribution in [0.3, 0.4) is 0 Å². The minimum atomic E-state index is -0.839. The molecular formula is C13H21NO4. The number of hydrogen-bond donors (Lipinski definition) is 2. The van der Waals surface area contributed by atoms with Gasteiger partial charge in [-0.1, -0.05) is 6.42 Å². The van der Waals surface area contributed by atoms with E-state index in [2.05, 4.69) is 5.32 Å². The van der Waals surface area contributed by atoms with Gasteiger partial charge in [-0.25, -0.2) is 0 Å². The summed E-state index contributed by atoms with van der Waals surface area (Å²) in [4.78, 5) is 23.1. The number of ether oxygens (including phenoxy) is 1. The molecule has 0 aromatic rings. The van der Waals surface area contributed by atoms with Gasteiger partial charge in [-0.05, 0) is 32.1 Å². The number of nitrogens with one attached hydrogen (secondary N) is 1. The third-order valence-electron chi connectivity index (χ3n) is 4.23. The van der Waals surface area contributed by atoms with Crippen molar-refractivity contribution in [2.75, 3.05) is 7.11 Å². The third-order valence-corrected chi connectivity index (χ3v) is 4.23. The average molecular weight is 255 g/mol. The number of carbonyl (C=O) groups excluding carboxylic acids is 1. The second-order valence-electron chi connectivity index (χ2n) is 5.36. The molecule has 0 spiro atoms. The summed E-state index contributed by atoms with van der Waals surface area (Å²) in [5, 5.41) is 12.1. The van der Waals surface area contributed by atoms with Crippen LogP contribution in [-0.2, 0) is 14.3 Å². The molecule has 2 N–H and O–H groups in total. The van der Waals surface area contributed by atoms with Crippen molar-refractivity contribution < 1.29 is 19.4 Å². The normalized spacial score (nSPS) is 35.6. The zero-order valence-electron chi connectivity index (χ0n) is 10.7. The van der Waals surface area contributed by atoms with Crippen molar-refractivity contribution in [1.82, 2.24) is 5.32 Å². The van der Waals surface area contributed by atoms with E-state index in [9.17, 15) is 9.59 Å². The zero-order chi connectivity index (χ0) is 13.1. The molecule has 5 heteroatoms. The monoisotopic (exact) mass is 255 g/mol. The molecule has 2 aliphatic rings. The Hall–Kier alpha value is -1.10. The SMILES string of the molecule is COC1CCC(NC(=O)C2CCCC2C(=O)O)C1. The smallest absolute Gasteiger partial charge is 0.307 e. The third kappa shape index (κ3) is 2.83. The first kappa shape index (κ1) is 13.3. The van der Waals surface area contributed by atoms with Crippen molar-refractivity contribution in [2.45, 2.75) is 50.7 Å². The van der Waals surface area contributed by atoms with Crippen molar-refractivity contribution >= 4 is 11.9 Å². The van der Waals surface area contributed by atoms with Gasteiger partial charge in [0.05, 0.1) is 17.9 Å². The molecule has 0 aromatic heterocycles. The Morgan fingerprint density at radius 1 is 1.17 bits per heavy atom. The van der Waals surface area contributed by atoms with Gasteiger partial charge in [0.25, 0.3) is 0 Å². The van der Waals surface area contributed by atoms with Gasteiger partial charge >= 0.3 is 5.97 Å². The highest BCUT2D eigenvalue weighted by Gasteiger charge is 2.39. The van der Waals surface area contributed by atoms with Gasteiger partial charge in [0, 0.05) is 13.2 Å². The fraction of sp³-hybridized carbons (Fsp3) is 0.846. The zero-order valence-corrected chi connectivity index (χ0v) is 10.7. The lowest BCUT2D eigenvalue weighted by Gasteiger charge is -2.19. The number of carboxylic acids is 1. The van der Waals surface area contributed by atoms with Crippen LogP contribution in [0.25, 0.3) is 0 Å². The highest BCUT2D eigenvalue weighted by Crippen LogP contribution is 2.32. The first-order chi connectivity index (χ1) is 8.61. The molecule has 1 amide bonds. The molecule has 4 atom stereocenters. The van der Waals surface area contributed by atoms with Crippen LogP contribution in [0.15, 0.2) is 0 Å². The first-order valence-electron chi connectivity index (χ1n) is 6.67. The summed E-state index contributed by atoms with van der Waals surface area (Å²) in [5.41, 5.74) is 0. The topological polar surface area (TPSA) is 75.6 Å². The molecule has 0 heterocycles. The minimum Gasteiger partial charge on any atom is -0.481 e. The Morgan fingerprint density at radius 2 is 1.89 bits per heavy atom. The molecule has 2 fully saturated rings. The summed E-state index contributed by atoms with van der Waals surface area (Å²) in [6, 6.07) is 0.150. The van der Waals surface area contributed by atoms with E-state index in [1.165, 1.54) is 0 Å². The lowest BCUT2D eigenvalue weighted by molar-refractivity contribution is -0.146. The van der Waals surface area contributed by atoms with Gasteiger partial charge in [0.15, 0.2) is 0 Å². The summed E-state index contributed by atoms with van der Waals surface area (Å²) in [6.45, 7) is 0. The van der Waals surface area contributed by atoms with Gasteiger partial charge in [0.2, 0.25) is 5.91 Å². The second-order valence-corrected chi connectivity index (χ2v) is 5.36. The molecular weight excluding hydrogens is 234 g/mol. The Kier molecular flexibility index (Phi) is 4.22. The van der Waals surface area contributed by atoms with Crippen LogP contribution in [0.2, 0.25) is 0 Å². The number of aliphatic carboxylic acids is 1. The minimum absolute atomic E-state index is 0.0818. The van der Waals surface area contributed by atoms with Gasteiger partial charge < -0.3 is 15.2 Å². The van der Waals surface area contributed by atoms with Gasteiger partial charge in [-0.3, -0.25) is 9.59 Å². The van der Waals surface area contributed by atoms with Crippen LogP contribution in [0, 0.1) is 11.8 Å². The van der Waals surface area contributed by atoms with Gasteiger partial charge in [-0.2, -0.15) is 0 Å². The van der Waals surface area contributed by atoms with Gasteiger partial charge in [0.1, 0.15) is 0 Å². The maximum Gasteiger partial charge on any atom is 0.307 e. The van der Waals surface area contributed by atoms with E-state index in [0.29, 0.717) is 12.8 Å². The van der Waals surface area contributed by atoms with Crippen molar-refractivity contribution in [2.24, 2.45) is 11.8 Å². The Morgan fingerprint density at radius 3 is 2.50 bits per heavy atom. The van der Waals surface area contributed by atoms with Crippen LogP contribution in [0.4, 0.5) is 0 Å². The lowest BCUT2D eigenvalue weighted by atomic mass is 9.95. The summed E-state index contributed by atoms with van der Waals surface area (Å²) in [7, 11) is 1.69. The summed E-state index contributed by atoms with van der Waals surface area (Å²) in [6.07, 6.45) is 5.12. The number of methoxy groups -OCH3 is 1. The van der Waals surface area contributed by atoms with Crippen molar-refractivity contribution in [1.29, 1.82) is 0 Å². The summed E-state index contributed by atoms with van der Waals surface area (Å²) >= 11 is 0. The van der Waals surface area contributed by atoms with Crippen LogP contribution >= 0.6 is 0 Å². The fourth-order valence-electron chi connectivity index (χ4n) is 3.16. The average Bonchev–Trinajstić information content (AvgIpc) is 2.96. The molecule has 0 aliphatic heterocycles. The second kappa shape index (κ2) is 5.69. The molecule has 0 aromatic carbocycles. The number of amides is 1.